The molecule has 5 heteroatoms. The Bertz CT molecular complexity index is 1170. The van der Waals surface area contributed by atoms with Crippen LogP contribution in [0.3, 0.4) is 0 Å². The zero-order chi connectivity index (χ0) is 20.1. The molecule has 0 fully saturated rings. The van der Waals surface area contributed by atoms with Crippen molar-refractivity contribution in [2.75, 3.05) is 5.43 Å². The molecule has 29 heavy (non-hydrogen) atoms. The quantitative estimate of drug-likeness (QED) is 0.327. The summed E-state index contributed by atoms with van der Waals surface area (Å²) in [6, 6.07) is 28.5. The third kappa shape index (κ3) is 4.40. The summed E-state index contributed by atoms with van der Waals surface area (Å²) in [5, 5.41) is 16.3. The molecule has 1 aromatic heterocycles. The fraction of sp³-hybridized carbons (Fsp3) is 0.0417. The molecular formula is C24H18N4S. The van der Waals surface area contributed by atoms with E-state index < -0.39 is 0 Å². The molecule has 0 spiro atoms. The zero-order valence-electron chi connectivity index (χ0n) is 15.8. The molecule has 0 saturated heterocycles. The second kappa shape index (κ2) is 8.51. The van der Waals surface area contributed by atoms with E-state index in [1.807, 2.05) is 54.8 Å². The van der Waals surface area contributed by atoms with Crippen molar-refractivity contribution in [2.24, 2.45) is 5.10 Å². The molecule has 0 aliphatic heterocycles. The summed E-state index contributed by atoms with van der Waals surface area (Å²) in [5.74, 6) is 0. The Labute approximate surface area is 173 Å². The highest BCUT2D eigenvalue weighted by Crippen LogP contribution is 2.26. The summed E-state index contributed by atoms with van der Waals surface area (Å²) < 4.78 is 0. The highest BCUT2D eigenvalue weighted by Gasteiger charge is 2.11. The van der Waals surface area contributed by atoms with Crippen LogP contribution in [-0.2, 0) is 0 Å². The Morgan fingerprint density at radius 2 is 1.55 bits per heavy atom. The van der Waals surface area contributed by atoms with Gasteiger partial charge in [0.25, 0.3) is 0 Å². The molecule has 4 nitrogen and oxygen atoms in total. The van der Waals surface area contributed by atoms with Gasteiger partial charge in [-0.2, -0.15) is 10.4 Å². The minimum absolute atomic E-state index is 0.266. The Balaban J connectivity index is 1.53. The van der Waals surface area contributed by atoms with Gasteiger partial charge in [-0.25, -0.2) is 4.98 Å². The Morgan fingerprint density at radius 1 is 0.897 bits per heavy atom. The summed E-state index contributed by atoms with van der Waals surface area (Å²) in [6.07, 6.45) is 0. The molecule has 140 valence electrons. The lowest BCUT2D eigenvalue weighted by Gasteiger charge is -2.03. The van der Waals surface area contributed by atoms with Crippen molar-refractivity contribution in [3.8, 4) is 28.5 Å². The van der Waals surface area contributed by atoms with E-state index in [1.54, 1.807) is 0 Å². The number of nitrogens with one attached hydrogen (secondary N) is 1. The third-order valence-corrected chi connectivity index (χ3v) is 5.30. The van der Waals surface area contributed by atoms with Gasteiger partial charge in [0.2, 0.25) is 0 Å². The number of anilines is 1. The van der Waals surface area contributed by atoms with E-state index in [0.29, 0.717) is 5.01 Å². The highest BCUT2D eigenvalue weighted by molar-refractivity contribution is 7.12. The lowest BCUT2D eigenvalue weighted by molar-refractivity contribution is 1.30. The number of hydrazone groups is 1. The SMILES string of the molecule is Cc1ccc(NN=C(C#N)c2nc(-c3ccc(-c4ccccc4)cc3)cs2)cc1. The predicted octanol–water partition coefficient (Wildman–Crippen LogP) is 6.13. The van der Waals surface area contributed by atoms with Gasteiger partial charge in [-0.3, -0.25) is 5.43 Å². The fourth-order valence-corrected chi connectivity index (χ4v) is 3.61. The van der Waals surface area contributed by atoms with Crippen molar-refractivity contribution >= 4 is 22.7 Å². The van der Waals surface area contributed by atoms with E-state index in [0.717, 1.165) is 22.5 Å². The maximum atomic E-state index is 9.49. The van der Waals surface area contributed by atoms with Crippen molar-refractivity contribution in [3.05, 3.63) is 94.8 Å². The molecule has 0 atom stereocenters. The minimum Gasteiger partial charge on any atom is -0.277 e. The summed E-state index contributed by atoms with van der Waals surface area (Å²) in [5.41, 5.74) is 9.38. The topological polar surface area (TPSA) is 61.1 Å². The summed E-state index contributed by atoms with van der Waals surface area (Å²) >= 11 is 1.41. The first kappa shape index (κ1) is 18.6. The van der Waals surface area contributed by atoms with E-state index in [9.17, 15) is 5.26 Å². The minimum atomic E-state index is 0.266. The molecule has 0 unspecified atom stereocenters. The summed E-state index contributed by atoms with van der Waals surface area (Å²) in [4.78, 5) is 4.61. The first-order valence-corrected chi connectivity index (χ1v) is 10.0. The van der Waals surface area contributed by atoms with Crippen LogP contribution in [-0.4, -0.2) is 10.7 Å². The Kier molecular flexibility index (Phi) is 5.46. The van der Waals surface area contributed by atoms with Crippen LogP contribution in [0, 0.1) is 18.3 Å². The molecule has 3 aromatic carbocycles. The molecule has 0 bridgehead atoms. The van der Waals surface area contributed by atoms with E-state index in [4.69, 9.17) is 0 Å². The average Bonchev–Trinajstić information content (AvgIpc) is 3.26. The van der Waals surface area contributed by atoms with Gasteiger partial charge < -0.3 is 0 Å². The van der Waals surface area contributed by atoms with E-state index >= 15 is 0 Å². The summed E-state index contributed by atoms with van der Waals surface area (Å²) in [7, 11) is 0. The normalized spacial score (nSPS) is 11.1. The average molecular weight is 395 g/mol. The molecule has 0 radical (unpaired) electrons. The van der Waals surface area contributed by atoms with E-state index in [-0.39, 0.29) is 5.71 Å². The van der Waals surface area contributed by atoms with Crippen molar-refractivity contribution in [1.29, 1.82) is 5.26 Å². The largest absolute Gasteiger partial charge is 0.277 e. The van der Waals surface area contributed by atoms with Gasteiger partial charge in [-0.1, -0.05) is 72.3 Å². The van der Waals surface area contributed by atoms with Crippen LogP contribution in [0.1, 0.15) is 10.6 Å². The summed E-state index contributed by atoms with van der Waals surface area (Å²) in [6.45, 7) is 2.03. The number of hydrogen-bond donors (Lipinski definition) is 1. The number of aryl methyl sites for hydroxylation is 1. The Hall–Kier alpha value is -3.75. The molecule has 0 aliphatic rings. The predicted molar refractivity (Wildman–Crippen MR) is 120 cm³/mol. The second-order valence-electron chi connectivity index (χ2n) is 6.53. The van der Waals surface area contributed by atoms with Crippen LogP contribution in [0.4, 0.5) is 5.69 Å². The number of nitriles is 1. The van der Waals surface area contributed by atoms with Crippen LogP contribution < -0.4 is 5.43 Å². The lowest BCUT2D eigenvalue weighted by Crippen LogP contribution is -2.01. The number of thiazole rings is 1. The zero-order valence-corrected chi connectivity index (χ0v) is 16.6. The van der Waals surface area contributed by atoms with E-state index in [1.165, 1.54) is 22.5 Å². The molecule has 1 heterocycles. The monoisotopic (exact) mass is 394 g/mol. The molecule has 1 N–H and O–H groups in total. The number of aromatic nitrogens is 1. The van der Waals surface area contributed by atoms with Crippen molar-refractivity contribution in [2.45, 2.75) is 6.92 Å². The smallest absolute Gasteiger partial charge is 0.196 e. The van der Waals surface area contributed by atoms with Gasteiger partial charge in [0.15, 0.2) is 10.7 Å². The maximum Gasteiger partial charge on any atom is 0.196 e. The van der Waals surface area contributed by atoms with Gasteiger partial charge in [0, 0.05) is 10.9 Å². The van der Waals surface area contributed by atoms with E-state index in [2.05, 4.69) is 58.0 Å². The fourth-order valence-electron chi connectivity index (χ4n) is 2.85. The van der Waals surface area contributed by atoms with Crippen LogP contribution in [0.5, 0.6) is 0 Å². The molecule has 4 rings (SSSR count). The molecule has 0 amide bonds. The van der Waals surface area contributed by atoms with Crippen LogP contribution in [0.25, 0.3) is 22.4 Å². The van der Waals surface area contributed by atoms with Crippen molar-refractivity contribution < 1.29 is 0 Å². The van der Waals surface area contributed by atoms with Crippen molar-refractivity contribution in [3.63, 3.8) is 0 Å². The molecular weight excluding hydrogens is 376 g/mol. The number of nitrogens with zero attached hydrogens (tertiary/aromatic N) is 3. The third-order valence-electron chi connectivity index (χ3n) is 4.45. The number of rotatable bonds is 5. The van der Waals surface area contributed by atoms with Crippen LogP contribution in [0.15, 0.2) is 89.3 Å². The van der Waals surface area contributed by atoms with Crippen LogP contribution >= 0.6 is 11.3 Å². The first-order valence-electron chi connectivity index (χ1n) is 9.15. The highest BCUT2D eigenvalue weighted by atomic mass is 32.1. The number of benzene rings is 3. The first-order chi connectivity index (χ1) is 14.2. The maximum absolute atomic E-state index is 9.49. The van der Waals surface area contributed by atoms with Gasteiger partial charge in [-0.05, 0) is 30.2 Å². The molecule has 4 aromatic rings. The Morgan fingerprint density at radius 3 is 2.24 bits per heavy atom. The number of hydrogen-bond acceptors (Lipinski definition) is 5. The van der Waals surface area contributed by atoms with Gasteiger partial charge in [0.05, 0.1) is 11.4 Å². The van der Waals surface area contributed by atoms with Gasteiger partial charge in [0.1, 0.15) is 6.07 Å². The lowest BCUT2D eigenvalue weighted by atomic mass is 10.0. The van der Waals surface area contributed by atoms with Gasteiger partial charge >= 0.3 is 0 Å². The van der Waals surface area contributed by atoms with Crippen LogP contribution in [0.2, 0.25) is 0 Å². The molecule has 0 saturated carbocycles. The molecule has 0 aliphatic carbocycles. The standard InChI is InChI=1S/C24H18N4S/c1-17-7-13-21(14-8-17)27-28-22(15-25)24-26-23(16-29-24)20-11-9-19(10-12-20)18-5-3-2-4-6-18/h2-14,16,27H,1H3. The van der Waals surface area contributed by atoms with Crippen molar-refractivity contribution in [1.82, 2.24) is 4.98 Å². The second-order valence-corrected chi connectivity index (χ2v) is 7.39. The van der Waals surface area contributed by atoms with Gasteiger partial charge in [-0.15, -0.1) is 11.3 Å².